The lowest BCUT2D eigenvalue weighted by molar-refractivity contribution is 0.0949. The zero-order valence-corrected chi connectivity index (χ0v) is 12.7. The SMILES string of the molecule is CCCNCCNC(=O)c1cccc(F)c1OCC.Cl. The number of amides is 1. The molecule has 1 rings (SSSR count). The first-order valence-corrected chi connectivity index (χ1v) is 6.60. The van der Waals surface area contributed by atoms with Crippen molar-refractivity contribution in [2.45, 2.75) is 20.3 Å². The van der Waals surface area contributed by atoms with E-state index in [0.717, 1.165) is 13.0 Å². The van der Waals surface area contributed by atoms with Crippen LogP contribution < -0.4 is 15.4 Å². The number of hydrogen-bond donors (Lipinski definition) is 2. The average molecular weight is 305 g/mol. The number of nitrogens with one attached hydrogen (secondary N) is 2. The summed E-state index contributed by atoms with van der Waals surface area (Å²) in [5, 5.41) is 5.91. The van der Waals surface area contributed by atoms with E-state index in [4.69, 9.17) is 4.74 Å². The lowest BCUT2D eigenvalue weighted by Crippen LogP contribution is -2.32. The van der Waals surface area contributed by atoms with Crippen molar-refractivity contribution in [1.29, 1.82) is 0 Å². The summed E-state index contributed by atoms with van der Waals surface area (Å²) in [7, 11) is 0. The minimum atomic E-state index is -0.515. The van der Waals surface area contributed by atoms with E-state index >= 15 is 0 Å². The van der Waals surface area contributed by atoms with Crippen LogP contribution in [-0.2, 0) is 0 Å². The Morgan fingerprint density at radius 3 is 2.65 bits per heavy atom. The Labute approximate surface area is 125 Å². The van der Waals surface area contributed by atoms with Crippen molar-refractivity contribution < 1.29 is 13.9 Å². The molecule has 0 saturated carbocycles. The van der Waals surface area contributed by atoms with Crippen molar-refractivity contribution in [2.75, 3.05) is 26.2 Å². The van der Waals surface area contributed by atoms with Gasteiger partial charge in [0.25, 0.3) is 5.91 Å². The van der Waals surface area contributed by atoms with Gasteiger partial charge in [0.05, 0.1) is 12.2 Å². The predicted molar refractivity (Wildman–Crippen MR) is 80.3 cm³/mol. The quantitative estimate of drug-likeness (QED) is 0.725. The summed E-state index contributed by atoms with van der Waals surface area (Å²) in [6.07, 6.45) is 1.05. The molecule has 20 heavy (non-hydrogen) atoms. The van der Waals surface area contributed by atoms with E-state index in [1.165, 1.54) is 12.1 Å². The summed E-state index contributed by atoms with van der Waals surface area (Å²) < 4.78 is 18.8. The van der Waals surface area contributed by atoms with E-state index in [9.17, 15) is 9.18 Å². The molecule has 0 aromatic heterocycles. The van der Waals surface area contributed by atoms with Crippen LogP contribution in [0.4, 0.5) is 4.39 Å². The number of carbonyl (C=O) groups excluding carboxylic acids is 1. The van der Waals surface area contributed by atoms with Crippen molar-refractivity contribution >= 4 is 18.3 Å². The van der Waals surface area contributed by atoms with E-state index in [1.807, 2.05) is 0 Å². The van der Waals surface area contributed by atoms with Gasteiger partial charge in [-0.3, -0.25) is 4.79 Å². The first-order chi connectivity index (χ1) is 9.20. The summed E-state index contributed by atoms with van der Waals surface area (Å²) >= 11 is 0. The second-order valence-electron chi connectivity index (χ2n) is 4.06. The monoisotopic (exact) mass is 304 g/mol. The minimum absolute atomic E-state index is 0. The fourth-order valence-electron chi connectivity index (χ4n) is 1.64. The zero-order chi connectivity index (χ0) is 14.1. The van der Waals surface area contributed by atoms with Crippen LogP contribution in [0.1, 0.15) is 30.6 Å². The standard InChI is InChI=1S/C14H21FN2O2.ClH/c1-3-8-16-9-10-17-14(18)11-6-5-7-12(15)13(11)19-4-2;/h5-7,16H,3-4,8-10H2,1-2H3,(H,17,18);1H. The van der Waals surface area contributed by atoms with Gasteiger partial charge in [-0.2, -0.15) is 0 Å². The summed E-state index contributed by atoms with van der Waals surface area (Å²) in [5.74, 6) is -0.816. The summed E-state index contributed by atoms with van der Waals surface area (Å²) in [5.41, 5.74) is 0.234. The number of hydrogen-bond acceptors (Lipinski definition) is 3. The summed E-state index contributed by atoms with van der Waals surface area (Å²) in [4.78, 5) is 11.9. The molecular weight excluding hydrogens is 283 g/mol. The molecule has 1 aromatic rings. The highest BCUT2D eigenvalue weighted by Crippen LogP contribution is 2.22. The molecule has 1 aromatic carbocycles. The van der Waals surface area contributed by atoms with E-state index in [-0.39, 0.29) is 29.6 Å². The number of halogens is 2. The maximum absolute atomic E-state index is 13.6. The van der Waals surface area contributed by atoms with Crippen LogP contribution in [0, 0.1) is 5.82 Å². The van der Waals surface area contributed by atoms with Gasteiger partial charge in [-0.1, -0.05) is 13.0 Å². The number of rotatable bonds is 8. The van der Waals surface area contributed by atoms with E-state index in [2.05, 4.69) is 17.6 Å². The van der Waals surface area contributed by atoms with Crippen LogP contribution in [0.3, 0.4) is 0 Å². The van der Waals surface area contributed by atoms with Crippen LogP contribution in [0.15, 0.2) is 18.2 Å². The largest absolute Gasteiger partial charge is 0.490 e. The van der Waals surface area contributed by atoms with Crippen molar-refractivity contribution in [3.8, 4) is 5.75 Å². The van der Waals surface area contributed by atoms with Gasteiger partial charge < -0.3 is 15.4 Å². The normalized spacial score (nSPS) is 9.75. The molecule has 4 nitrogen and oxygen atoms in total. The fraction of sp³-hybridized carbons (Fsp3) is 0.500. The van der Waals surface area contributed by atoms with Gasteiger partial charge in [0.1, 0.15) is 0 Å². The van der Waals surface area contributed by atoms with Crippen molar-refractivity contribution in [2.24, 2.45) is 0 Å². The van der Waals surface area contributed by atoms with Crippen LogP contribution in [-0.4, -0.2) is 32.1 Å². The van der Waals surface area contributed by atoms with Gasteiger partial charge in [-0.25, -0.2) is 4.39 Å². The topological polar surface area (TPSA) is 50.4 Å². The van der Waals surface area contributed by atoms with E-state index < -0.39 is 5.82 Å². The minimum Gasteiger partial charge on any atom is -0.490 e. The van der Waals surface area contributed by atoms with Gasteiger partial charge in [-0.15, -0.1) is 12.4 Å². The Bertz CT molecular complexity index is 416. The summed E-state index contributed by atoms with van der Waals surface area (Å²) in [6.45, 7) is 6.26. The molecular formula is C14H22ClFN2O2. The molecule has 0 bridgehead atoms. The number of carbonyl (C=O) groups is 1. The molecule has 0 unspecified atom stereocenters. The maximum atomic E-state index is 13.6. The summed E-state index contributed by atoms with van der Waals surface area (Å²) in [6, 6.07) is 4.34. The highest BCUT2D eigenvalue weighted by atomic mass is 35.5. The van der Waals surface area contributed by atoms with Gasteiger partial charge in [0.2, 0.25) is 0 Å². The highest BCUT2D eigenvalue weighted by molar-refractivity contribution is 5.96. The molecule has 0 aliphatic rings. The Balaban J connectivity index is 0.00000361. The third-order valence-electron chi connectivity index (χ3n) is 2.51. The zero-order valence-electron chi connectivity index (χ0n) is 11.9. The molecule has 0 heterocycles. The average Bonchev–Trinajstić information content (AvgIpc) is 2.41. The molecule has 2 N–H and O–H groups in total. The maximum Gasteiger partial charge on any atom is 0.255 e. The fourth-order valence-corrected chi connectivity index (χ4v) is 1.64. The number of para-hydroxylation sites is 1. The molecule has 0 radical (unpaired) electrons. The van der Waals surface area contributed by atoms with Crippen molar-refractivity contribution in [3.05, 3.63) is 29.6 Å². The Kier molecular flexibility index (Phi) is 9.76. The van der Waals surface area contributed by atoms with E-state index in [0.29, 0.717) is 19.7 Å². The van der Waals surface area contributed by atoms with Gasteiger partial charge >= 0.3 is 0 Å². The Hall–Kier alpha value is -1.33. The predicted octanol–water partition coefficient (Wildman–Crippen LogP) is 2.38. The van der Waals surface area contributed by atoms with Gasteiger partial charge in [0, 0.05) is 13.1 Å². The lowest BCUT2D eigenvalue weighted by Gasteiger charge is -2.11. The third-order valence-corrected chi connectivity index (χ3v) is 2.51. The Morgan fingerprint density at radius 2 is 2.00 bits per heavy atom. The molecule has 0 spiro atoms. The Morgan fingerprint density at radius 1 is 1.25 bits per heavy atom. The van der Waals surface area contributed by atoms with Crippen LogP contribution in [0.5, 0.6) is 5.75 Å². The second-order valence-corrected chi connectivity index (χ2v) is 4.06. The first kappa shape index (κ1) is 18.7. The van der Waals surface area contributed by atoms with Crippen molar-refractivity contribution in [3.63, 3.8) is 0 Å². The molecule has 0 aliphatic heterocycles. The van der Waals surface area contributed by atoms with Gasteiger partial charge in [-0.05, 0) is 32.0 Å². The third kappa shape index (κ3) is 5.75. The van der Waals surface area contributed by atoms with E-state index in [1.54, 1.807) is 13.0 Å². The smallest absolute Gasteiger partial charge is 0.255 e. The molecule has 0 saturated heterocycles. The lowest BCUT2D eigenvalue weighted by atomic mass is 10.2. The number of benzene rings is 1. The molecule has 114 valence electrons. The molecule has 0 aliphatic carbocycles. The first-order valence-electron chi connectivity index (χ1n) is 6.60. The second kappa shape index (κ2) is 10.5. The van der Waals surface area contributed by atoms with Gasteiger partial charge in [0.15, 0.2) is 11.6 Å². The molecule has 1 amide bonds. The van der Waals surface area contributed by atoms with Crippen molar-refractivity contribution in [1.82, 2.24) is 10.6 Å². The van der Waals surface area contributed by atoms with Crippen LogP contribution in [0.25, 0.3) is 0 Å². The molecule has 0 atom stereocenters. The molecule has 0 fully saturated rings. The molecule has 6 heteroatoms. The van der Waals surface area contributed by atoms with Crippen LogP contribution >= 0.6 is 12.4 Å². The van der Waals surface area contributed by atoms with Crippen LogP contribution in [0.2, 0.25) is 0 Å². The number of ether oxygens (including phenoxy) is 1. The highest BCUT2D eigenvalue weighted by Gasteiger charge is 2.15.